The van der Waals surface area contributed by atoms with Crippen LogP contribution in [-0.2, 0) is 0 Å². The van der Waals surface area contributed by atoms with Crippen LogP contribution in [0.1, 0.15) is 37.1 Å². The highest BCUT2D eigenvalue weighted by molar-refractivity contribution is 7.04. The SMILES string of the molecule is C[Si]1(C)c2ccccc2-c2cc3c(C4=CC=C(c5nc6ccccc6n5-c5ccccc5)CC4)c4ccccc4c(-c4ccc(-c5nc6ccccc6n5C5=CCCC=C5)cc4)c3cc21. The highest BCUT2D eigenvalue weighted by Gasteiger charge is 2.38. The van der Waals surface area contributed by atoms with E-state index in [4.69, 9.17) is 9.97 Å². The highest BCUT2D eigenvalue weighted by atomic mass is 28.3. The minimum Gasteiger partial charge on any atom is -0.293 e. The molecule has 1 aliphatic heterocycles. The molecule has 0 amide bonds. The van der Waals surface area contributed by atoms with Crippen LogP contribution in [0.15, 0.2) is 194 Å². The van der Waals surface area contributed by atoms with Crippen molar-refractivity contribution >= 4 is 78.9 Å². The molecule has 5 heteroatoms. The minimum absolute atomic E-state index is 0.895. The van der Waals surface area contributed by atoms with Gasteiger partial charge in [0.15, 0.2) is 0 Å². The Morgan fingerprint density at radius 2 is 1.09 bits per heavy atom. The second-order valence-corrected chi connectivity index (χ2v) is 22.7. The van der Waals surface area contributed by atoms with E-state index in [0.717, 1.165) is 70.6 Å². The third-order valence-electron chi connectivity index (χ3n) is 14.3. The Balaban J connectivity index is 1.01. The number of imidazole rings is 2. The van der Waals surface area contributed by atoms with E-state index >= 15 is 0 Å². The molecule has 65 heavy (non-hydrogen) atoms. The Hall–Kier alpha value is -7.60. The number of hydrogen-bond donors (Lipinski definition) is 0. The fraction of sp³-hybridized carbons (Fsp3) is 0.100. The zero-order valence-corrected chi connectivity index (χ0v) is 37.6. The van der Waals surface area contributed by atoms with Gasteiger partial charge < -0.3 is 0 Å². The average Bonchev–Trinajstić information content (AvgIpc) is 4.02. The molecule has 0 atom stereocenters. The van der Waals surface area contributed by atoms with Crippen molar-refractivity contribution in [1.29, 1.82) is 0 Å². The number of allylic oxidation sites excluding steroid dienone is 8. The first-order valence-electron chi connectivity index (χ1n) is 23.0. The van der Waals surface area contributed by atoms with Gasteiger partial charge >= 0.3 is 0 Å². The molecule has 2 aliphatic carbocycles. The Morgan fingerprint density at radius 1 is 0.477 bits per heavy atom. The number of rotatable bonds is 6. The summed E-state index contributed by atoms with van der Waals surface area (Å²) in [6, 6.07) is 60.4. The molecule has 0 unspecified atom stereocenters. The second kappa shape index (κ2) is 14.7. The van der Waals surface area contributed by atoms with Crippen LogP contribution in [0.25, 0.3) is 99.8 Å². The van der Waals surface area contributed by atoms with Crippen LogP contribution in [0.3, 0.4) is 0 Å². The van der Waals surface area contributed by atoms with Gasteiger partial charge in [-0.25, -0.2) is 9.97 Å². The van der Waals surface area contributed by atoms with Crippen molar-refractivity contribution < 1.29 is 0 Å². The first kappa shape index (κ1) is 37.9. The third kappa shape index (κ3) is 5.88. The van der Waals surface area contributed by atoms with Crippen LogP contribution in [0.5, 0.6) is 0 Å². The number of hydrogen-bond acceptors (Lipinski definition) is 2. The van der Waals surface area contributed by atoms with Gasteiger partial charge in [-0.05, 0) is 145 Å². The molecule has 0 radical (unpaired) electrons. The monoisotopic (exact) mass is 850 g/mol. The molecule has 13 rings (SSSR count). The molecule has 4 nitrogen and oxygen atoms in total. The summed E-state index contributed by atoms with van der Waals surface area (Å²) in [4.78, 5) is 10.5. The standard InChI is InChI=1S/C60H46N4Si/c1-65(2)55-28-16-11-21-45(55)48-37-49-50(38-56(48)65)58(40-31-35-42(36-32-40)60-62-52-25-13-15-27-54(52)64(60)44-19-7-4-8-20-44)47-23-10-9-22-46(47)57(49)39-29-33-41(34-30-39)59-61-51-24-12-14-26-53(51)63(59)43-17-5-3-6-18-43/h3,5-7,9-29,31-33,35-38H,4,8,30,34H2,1-2H3. The van der Waals surface area contributed by atoms with Crippen molar-refractivity contribution in [3.05, 3.63) is 206 Å². The summed E-state index contributed by atoms with van der Waals surface area (Å²) in [5.41, 5.74) is 17.0. The molecule has 0 fully saturated rings. The van der Waals surface area contributed by atoms with E-state index in [9.17, 15) is 0 Å². The van der Waals surface area contributed by atoms with E-state index in [1.165, 1.54) is 76.6 Å². The molecular weight excluding hydrogens is 805 g/mol. The lowest BCUT2D eigenvalue weighted by Gasteiger charge is -2.24. The van der Waals surface area contributed by atoms with Crippen LogP contribution in [0, 0.1) is 0 Å². The number of nitrogens with zero attached hydrogens (tertiary/aromatic N) is 4. The van der Waals surface area contributed by atoms with E-state index in [1.807, 2.05) is 0 Å². The number of fused-ring (bicyclic) bond motifs is 7. The fourth-order valence-corrected chi connectivity index (χ4v) is 14.3. The molecular formula is C60H46N4Si. The van der Waals surface area contributed by atoms with Crippen molar-refractivity contribution in [3.8, 4) is 39.3 Å². The number of para-hydroxylation sites is 5. The quantitative estimate of drug-likeness (QED) is 0.123. The fourth-order valence-electron chi connectivity index (χ4n) is 11.2. The predicted octanol–water partition coefficient (Wildman–Crippen LogP) is 14.3. The topological polar surface area (TPSA) is 35.6 Å². The summed E-state index contributed by atoms with van der Waals surface area (Å²) in [6.07, 6.45) is 15.5. The molecule has 0 spiro atoms. The molecule has 310 valence electrons. The van der Waals surface area contributed by atoms with Crippen LogP contribution in [0.2, 0.25) is 13.1 Å². The predicted molar refractivity (Wildman–Crippen MR) is 277 cm³/mol. The van der Waals surface area contributed by atoms with Gasteiger partial charge in [0.2, 0.25) is 0 Å². The summed E-state index contributed by atoms with van der Waals surface area (Å²) in [7, 11) is -1.99. The van der Waals surface area contributed by atoms with Crippen molar-refractivity contribution in [2.75, 3.05) is 0 Å². The smallest absolute Gasteiger partial charge is 0.145 e. The molecule has 0 N–H and O–H groups in total. The van der Waals surface area contributed by atoms with Crippen molar-refractivity contribution in [2.45, 2.75) is 38.8 Å². The summed E-state index contributed by atoms with van der Waals surface area (Å²) < 4.78 is 4.67. The van der Waals surface area contributed by atoms with E-state index in [1.54, 1.807) is 0 Å². The molecule has 0 bridgehead atoms. The molecule has 3 aliphatic rings. The molecule has 3 heterocycles. The second-order valence-electron chi connectivity index (χ2n) is 18.3. The van der Waals surface area contributed by atoms with Crippen molar-refractivity contribution in [1.82, 2.24) is 19.1 Å². The average molecular weight is 851 g/mol. The maximum Gasteiger partial charge on any atom is 0.145 e. The first-order valence-corrected chi connectivity index (χ1v) is 26.0. The van der Waals surface area contributed by atoms with Crippen LogP contribution in [-0.4, -0.2) is 27.2 Å². The summed E-state index contributed by atoms with van der Waals surface area (Å²) in [5.74, 6) is 1.99. The van der Waals surface area contributed by atoms with E-state index in [2.05, 4.69) is 216 Å². The zero-order chi connectivity index (χ0) is 43.2. The van der Waals surface area contributed by atoms with Gasteiger partial charge in [0.1, 0.15) is 19.7 Å². The van der Waals surface area contributed by atoms with Gasteiger partial charge in [0, 0.05) is 16.9 Å². The lowest BCUT2D eigenvalue weighted by molar-refractivity contribution is 0.991. The van der Waals surface area contributed by atoms with Crippen LogP contribution < -0.4 is 10.4 Å². The van der Waals surface area contributed by atoms with Gasteiger partial charge in [0.25, 0.3) is 0 Å². The van der Waals surface area contributed by atoms with E-state index in [0.29, 0.717) is 0 Å². The van der Waals surface area contributed by atoms with Crippen molar-refractivity contribution in [2.24, 2.45) is 0 Å². The Bertz CT molecular complexity index is 3730. The summed E-state index contributed by atoms with van der Waals surface area (Å²) in [6.45, 7) is 5.06. The Morgan fingerprint density at radius 3 is 1.83 bits per heavy atom. The maximum absolute atomic E-state index is 5.25. The maximum atomic E-state index is 5.25. The van der Waals surface area contributed by atoms with E-state index < -0.39 is 8.07 Å². The Labute approximate surface area is 379 Å². The van der Waals surface area contributed by atoms with Gasteiger partial charge in [-0.15, -0.1) is 0 Å². The number of aromatic nitrogens is 4. The largest absolute Gasteiger partial charge is 0.293 e. The molecule has 10 aromatic rings. The Kier molecular flexibility index (Phi) is 8.59. The molecule has 8 aromatic carbocycles. The lowest BCUT2D eigenvalue weighted by Crippen LogP contribution is -2.49. The normalized spacial score (nSPS) is 15.3. The molecule has 0 saturated carbocycles. The lowest BCUT2D eigenvalue weighted by atomic mass is 9.82. The minimum atomic E-state index is -1.99. The summed E-state index contributed by atoms with van der Waals surface area (Å²) >= 11 is 0. The van der Waals surface area contributed by atoms with Crippen molar-refractivity contribution in [3.63, 3.8) is 0 Å². The molecule has 2 aromatic heterocycles. The first-order chi connectivity index (χ1) is 32.0. The third-order valence-corrected chi connectivity index (χ3v) is 17.8. The highest BCUT2D eigenvalue weighted by Crippen LogP contribution is 2.47. The summed E-state index contributed by atoms with van der Waals surface area (Å²) in [5, 5.41) is 8.26. The van der Waals surface area contributed by atoms with E-state index in [-0.39, 0.29) is 0 Å². The van der Waals surface area contributed by atoms with Gasteiger partial charge in [0.05, 0.1) is 22.1 Å². The van der Waals surface area contributed by atoms with Gasteiger partial charge in [-0.1, -0.05) is 159 Å². The number of benzene rings is 8. The molecule has 0 saturated heterocycles. The zero-order valence-electron chi connectivity index (χ0n) is 36.6. The van der Waals surface area contributed by atoms with Crippen LogP contribution in [0.4, 0.5) is 0 Å². The van der Waals surface area contributed by atoms with Gasteiger partial charge in [-0.2, -0.15) is 0 Å². The van der Waals surface area contributed by atoms with Gasteiger partial charge in [-0.3, -0.25) is 9.13 Å². The van der Waals surface area contributed by atoms with Crippen LogP contribution >= 0.6 is 0 Å².